The number of aromatic carboxylic acids is 1. The Bertz CT molecular complexity index is 537. The fraction of sp³-hybridized carbons (Fsp3) is 0.286. The molecule has 0 saturated heterocycles. The lowest BCUT2D eigenvalue weighted by atomic mass is 9.98. The number of hydrogen-bond acceptors (Lipinski definition) is 4. The van der Waals surface area contributed by atoms with Crippen LogP contribution in [0.4, 0.5) is 6.01 Å². The first-order chi connectivity index (χ1) is 9.16. The summed E-state index contributed by atoms with van der Waals surface area (Å²) in [6.07, 6.45) is 2.04. The molecule has 1 aromatic heterocycles. The molecule has 0 aliphatic rings. The molecule has 5 heteroatoms. The minimum atomic E-state index is -1.09. The average Bonchev–Trinajstić information content (AvgIpc) is 2.89. The zero-order valence-corrected chi connectivity index (χ0v) is 10.7. The van der Waals surface area contributed by atoms with Crippen LogP contribution < -0.4 is 5.32 Å². The smallest absolute Gasteiger partial charge is 0.357 e. The van der Waals surface area contributed by atoms with Crippen molar-refractivity contribution in [2.24, 2.45) is 0 Å². The first-order valence-electron chi connectivity index (χ1n) is 6.14. The minimum Gasteiger partial charge on any atom is -0.476 e. The molecule has 100 valence electrons. The average molecular weight is 260 g/mol. The molecule has 0 amide bonds. The van der Waals surface area contributed by atoms with Crippen LogP contribution in [0.1, 0.15) is 35.3 Å². The lowest BCUT2D eigenvalue weighted by Gasteiger charge is -2.11. The van der Waals surface area contributed by atoms with E-state index in [9.17, 15) is 4.79 Å². The Morgan fingerprint density at radius 1 is 1.42 bits per heavy atom. The third-order valence-corrected chi connectivity index (χ3v) is 2.95. The van der Waals surface area contributed by atoms with Gasteiger partial charge in [0.15, 0.2) is 5.69 Å². The molecule has 0 saturated carbocycles. The molecule has 2 aromatic rings. The van der Waals surface area contributed by atoms with E-state index in [4.69, 9.17) is 9.52 Å². The van der Waals surface area contributed by atoms with E-state index in [1.807, 2.05) is 18.2 Å². The highest BCUT2D eigenvalue weighted by atomic mass is 16.4. The van der Waals surface area contributed by atoms with Crippen LogP contribution in [0.2, 0.25) is 0 Å². The number of anilines is 1. The van der Waals surface area contributed by atoms with Crippen molar-refractivity contribution in [3.63, 3.8) is 0 Å². The fourth-order valence-electron chi connectivity index (χ4n) is 1.80. The molecular formula is C14H16N2O3. The third-order valence-electron chi connectivity index (χ3n) is 2.95. The van der Waals surface area contributed by atoms with Gasteiger partial charge in [0.25, 0.3) is 6.01 Å². The molecule has 1 atom stereocenters. The second-order valence-corrected chi connectivity index (χ2v) is 4.37. The number of rotatable bonds is 6. The molecule has 0 aliphatic heterocycles. The van der Waals surface area contributed by atoms with E-state index in [-0.39, 0.29) is 11.7 Å². The van der Waals surface area contributed by atoms with Gasteiger partial charge in [0.1, 0.15) is 6.26 Å². The highest BCUT2D eigenvalue weighted by Crippen LogP contribution is 2.18. The topological polar surface area (TPSA) is 75.4 Å². The van der Waals surface area contributed by atoms with E-state index in [1.165, 1.54) is 5.56 Å². The SMILES string of the molecule is CC(CCNc1nc(C(=O)O)co1)c1ccccc1. The molecule has 0 spiro atoms. The predicted molar refractivity (Wildman–Crippen MR) is 71.4 cm³/mol. The number of aromatic nitrogens is 1. The number of hydrogen-bond donors (Lipinski definition) is 2. The van der Waals surface area contributed by atoms with Crippen molar-refractivity contribution < 1.29 is 14.3 Å². The third kappa shape index (κ3) is 3.58. The number of benzene rings is 1. The van der Waals surface area contributed by atoms with Gasteiger partial charge in [-0.2, -0.15) is 4.98 Å². The van der Waals surface area contributed by atoms with Gasteiger partial charge in [0, 0.05) is 6.54 Å². The van der Waals surface area contributed by atoms with E-state index >= 15 is 0 Å². The van der Waals surface area contributed by atoms with Gasteiger partial charge in [-0.25, -0.2) is 4.79 Å². The zero-order chi connectivity index (χ0) is 13.7. The second kappa shape index (κ2) is 6.04. The molecule has 2 N–H and O–H groups in total. The van der Waals surface area contributed by atoms with Crippen molar-refractivity contribution in [3.8, 4) is 0 Å². The van der Waals surface area contributed by atoms with Crippen molar-refractivity contribution in [2.75, 3.05) is 11.9 Å². The Balaban J connectivity index is 1.81. The number of nitrogens with zero attached hydrogens (tertiary/aromatic N) is 1. The summed E-state index contributed by atoms with van der Waals surface area (Å²) in [5.74, 6) is -0.669. The van der Waals surface area contributed by atoms with Gasteiger partial charge in [0.2, 0.25) is 0 Å². The van der Waals surface area contributed by atoms with Crippen LogP contribution in [0.15, 0.2) is 41.0 Å². The highest BCUT2D eigenvalue weighted by molar-refractivity contribution is 5.85. The molecule has 0 radical (unpaired) electrons. The molecule has 0 bridgehead atoms. The van der Waals surface area contributed by atoms with E-state index in [0.717, 1.165) is 12.7 Å². The minimum absolute atomic E-state index is 0.0846. The Morgan fingerprint density at radius 2 is 2.16 bits per heavy atom. The number of nitrogens with one attached hydrogen (secondary N) is 1. The molecule has 1 heterocycles. The number of oxazole rings is 1. The molecule has 1 unspecified atom stereocenters. The fourth-order valence-corrected chi connectivity index (χ4v) is 1.80. The standard InChI is InChI=1S/C14H16N2O3/c1-10(11-5-3-2-4-6-11)7-8-15-14-16-12(9-19-14)13(17)18/h2-6,9-10H,7-8H2,1H3,(H,15,16)(H,17,18). The van der Waals surface area contributed by atoms with Crippen LogP contribution in [0.5, 0.6) is 0 Å². The second-order valence-electron chi connectivity index (χ2n) is 4.37. The van der Waals surface area contributed by atoms with Gasteiger partial charge in [-0.05, 0) is 17.9 Å². The summed E-state index contributed by atoms with van der Waals surface area (Å²) in [6, 6.07) is 10.5. The largest absolute Gasteiger partial charge is 0.476 e. The van der Waals surface area contributed by atoms with Gasteiger partial charge < -0.3 is 14.8 Å². The quantitative estimate of drug-likeness (QED) is 0.835. The first kappa shape index (κ1) is 13.1. The molecule has 19 heavy (non-hydrogen) atoms. The first-order valence-corrected chi connectivity index (χ1v) is 6.14. The molecule has 0 fully saturated rings. The van der Waals surface area contributed by atoms with Crippen LogP contribution >= 0.6 is 0 Å². The summed E-state index contributed by atoms with van der Waals surface area (Å²) in [7, 11) is 0. The van der Waals surface area contributed by atoms with E-state index in [1.54, 1.807) is 0 Å². The van der Waals surface area contributed by atoms with Crippen LogP contribution in [0.3, 0.4) is 0 Å². The van der Waals surface area contributed by atoms with Crippen LogP contribution in [-0.4, -0.2) is 22.6 Å². The summed E-state index contributed by atoms with van der Waals surface area (Å²) in [6.45, 7) is 2.82. The van der Waals surface area contributed by atoms with Gasteiger partial charge >= 0.3 is 5.97 Å². The molecule has 0 aliphatic carbocycles. The lowest BCUT2D eigenvalue weighted by molar-refractivity contribution is 0.0690. The van der Waals surface area contributed by atoms with Gasteiger partial charge in [-0.3, -0.25) is 0 Å². The normalized spacial score (nSPS) is 12.1. The summed E-state index contributed by atoms with van der Waals surface area (Å²) >= 11 is 0. The Kier molecular flexibility index (Phi) is 4.18. The molecular weight excluding hydrogens is 244 g/mol. The summed E-state index contributed by atoms with van der Waals surface area (Å²) < 4.78 is 5.01. The molecule has 5 nitrogen and oxygen atoms in total. The lowest BCUT2D eigenvalue weighted by Crippen LogP contribution is -2.06. The predicted octanol–water partition coefficient (Wildman–Crippen LogP) is 2.98. The Labute approximate surface area is 111 Å². The van der Waals surface area contributed by atoms with E-state index in [0.29, 0.717) is 12.5 Å². The van der Waals surface area contributed by atoms with Gasteiger partial charge in [-0.1, -0.05) is 37.3 Å². The van der Waals surface area contributed by atoms with Gasteiger partial charge in [-0.15, -0.1) is 0 Å². The van der Waals surface area contributed by atoms with Crippen molar-refractivity contribution in [1.29, 1.82) is 0 Å². The Hall–Kier alpha value is -2.30. The summed E-state index contributed by atoms with van der Waals surface area (Å²) in [4.78, 5) is 14.4. The maximum absolute atomic E-state index is 10.6. The zero-order valence-electron chi connectivity index (χ0n) is 10.7. The van der Waals surface area contributed by atoms with Crippen molar-refractivity contribution in [3.05, 3.63) is 47.9 Å². The Morgan fingerprint density at radius 3 is 2.79 bits per heavy atom. The van der Waals surface area contributed by atoms with Crippen LogP contribution in [0.25, 0.3) is 0 Å². The highest BCUT2D eigenvalue weighted by Gasteiger charge is 2.10. The molecule has 1 aromatic carbocycles. The number of carboxylic acid groups (broad SMARTS) is 1. The van der Waals surface area contributed by atoms with Crippen molar-refractivity contribution in [2.45, 2.75) is 19.3 Å². The number of carbonyl (C=O) groups is 1. The maximum Gasteiger partial charge on any atom is 0.357 e. The number of carboxylic acids is 1. The molecule has 2 rings (SSSR count). The van der Waals surface area contributed by atoms with Crippen LogP contribution in [0, 0.1) is 0 Å². The van der Waals surface area contributed by atoms with Crippen molar-refractivity contribution >= 4 is 12.0 Å². The van der Waals surface area contributed by atoms with Gasteiger partial charge in [0.05, 0.1) is 0 Å². The van der Waals surface area contributed by atoms with Crippen molar-refractivity contribution in [1.82, 2.24) is 4.98 Å². The maximum atomic E-state index is 10.6. The van der Waals surface area contributed by atoms with Crippen LogP contribution in [-0.2, 0) is 0 Å². The summed E-state index contributed by atoms with van der Waals surface area (Å²) in [5, 5.41) is 11.7. The van der Waals surface area contributed by atoms with E-state index in [2.05, 4.69) is 29.4 Å². The van der Waals surface area contributed by atoms with E-state index < -0.39 is 5.97 Å². The monoisotopic (exact) mass is 260 g/mol. The summed E-state index contributed by atoms with van der Waals surface area (Å²) in [5.41, 5.74) is 1.20.